The molecule has 0 atom stereocenters. The molecule has 1 N–H and O–H groups in total. The maximum Gasteiger partial charge on any atom is 0.267 e. The van der Waals surface area contributed by atoms with Crippen molar-refractivity contribution in [2.45, 2.75) is 13.0 Å². The first kappa shape index (κ1) is 12.5. The Morgan fingerprint density at radius 1 is 1.10 bits per heavy atom. The second-order valence-electron chi connectivity index (χ2n) is 4.41. The minimum atomic E-state index is -0.389. The number of aliphatic hydroxyl groups excluding tert-OH is 1. The number of aliphatic hydroxyl groups is 1. The fraction of sp³-hybridized carbons (Fsp3) is 0.231. The summed E-state index contributed by atoms with van der Waals surface area (Å²) >= 11 is 0. The first-order valence-electron chi connectivity index (χ1n) is 6.21. The molecule has 102 valence electrons. The van der Waals surface area contributed by atoms with Crippen molar-refractivity contribution in [1.29, 1.82) is 0 Å². The van der Waals surface area contributed by atoms with Gasteiger partial charge in [-0.15, -0.1) is 5.10 Å². The molecule has 0 fully saturated rings. The largest absolute Gasteiger partial charge is 0.396 e. The highest BCUT2D eigenvalue weighted by molar-refractivity contribution is 6.34. The first-order chi connectivity index (χ1) is 9.72. The van der Waals surface area contributed by atoms with Crippen LogP contribution in [0.1, 0.15) is 27.1 Å². The van der Waals surface area contributed by atoms with Crippen LogP contribution >= 0.6 is 0 Å². The Morgan fingerprint density at radius 2 is 1.75 bits per heavy atom. The Labute approximate surface area is 114 Å². The van der Waals surface area contributed by atoms with E-state index in [-0.39, 0.29) is 24.2 Å². The number of fused-ring (bicyclic) bond motifs is 1. The molecule has 1 aromatic carbocycles. The Bertz CT molecular complexity index is 645. The zero-order valence-corrected chi connectivity index (χ0v) is 10.6. The van der Waals surface area contributed by atoms with Crippen LogP contribution in [0.5, 0.6) is 0 Å². The lowest BCUT2D eigenvalue weighted by Crippen LogP contribution is -2.29. The maximum absolute atomic E-state index is 12.2. The monoisotopic (exact) mass is 272 g/mol. The van der Waals surface area contributed by atoms with Gasteiger partial charge in [-0.25, -0.2) is 4.90 Å². The third-order valence-electron chi connectivity index (χ3n) is 3.10. The molecule has 0 aliphatic carbocycles. The van der Waals surface area contributed by atoms with E-state index in [1.54, 1.807) is 24.3 Å². The molecule has 0 spiro atoms. The molecule has 0 saturated heterocycles. The first-order valence-corrected chi connectivity index (χ1v) is 6.21. The topological polar surface area (TPSA) is 88.3 Å². The van der Waals surface area contributed by atoms with Crippen LogP contribution in [0.25, 0.3) is 0 Å². The predicted octanol–water partition coefficient (Wildman–Crippen LogP) is 0.461. The van der Waals surface area contributed by atoms with E-state index in [4.69, 9.17) is 5.11 Å². The van der Waals surface area contributed by atoms with Crippen molar-refractivity contribution in [1.82, 2.24) is 15.0 Å². The summed E-state index contributed by atoms with van der Waals surface area (Å²) in [7, 11) is 0. The summed E-state index contributed by atoms with van der Waals surface area (Å²) in [6, 6.07) is 6.66. The number of nitrogens with zero attached hydrogens (tertiary/aromatic N) is 4. The van der Waals surface area contributed by atoms with E-state index in [0.29, 0.717) is 24.1 Å². The molecule has 20 heavy (non-hydrogen) atoms. The lowest BCUT2D eigenvalue weighted by Gasteiger charge is -2.08. The normalized spacial score (nSPS) is 13.9. The molecular weight excluding hydrogens is 260 g/mol. The number of imide groups is 1. The molecule has 1 aliphatic rings. The predicted molar refractivity (Wildman–Crippen MR) is 69.3 cm³/mol. The van der Waals surface area contributed by atoms with Gasteiger partial charge >= 0.3 is 0 Å². The van der Waals surface area contributed by atoms with Crippen LogP contribution in [0.3, 0.4) is 0 Å². The molecule has 0 saturated carbocycles. The van der Waals surface area contributed by atoms with Crippen molar-refractivity contribution in [3.05, 3.63) is 41.6 Å². The van der Waals surface area contributed by atoms with E-state index in [1.165, 1.54) is 10.9 Å². The Hall–Kier alpha value is -2.54. The van der Waals surface area contributed by atoms with E-state index in [1.807, 2.05) is 0 Å². The molecule has 2 heterocycles. The van der Waals surface area contributed by atoms with E-state index in [2.05, 4.69) is 10.3 Å². The Morgan fingerprint density at radius 3 is 2.35 bits per heavy atom. The van der Waals surface area contributed by atoms with Crippen molar-refractivity contribution < 1.29 is 14.7 Å². The molecule has 0 radical (unpaired) electrons. The number of aryl methyl sites for hydroxylation is 1. The molecule has 1 aliphatic heterocycles. The smallest absolute Gasteiger partial charge is 0.267 e. The second kappa shape index (κ2) is 4.86. The highest BCUT2D eigenvalue weighted by Gasteiger charge is 2.37. The van der Waals surface area contributed by atoms with Crippen LogP contribution in [-0.2, 0) is 6.54 Å². The summed E-state index contributed by atoms with van der Waals surface area (Å²) in [4.78, 5) is 25.5. The van der Waals surface area contributed by atoms with Gasteiger partial charge in [-0.05, 0) is 18.6 Å². The quantitative estimate of drug-likeness (QED) is 0.817. The molecule has 7 heteroatoms. The SMILES string of the molecule is O=C1c2ccccc2C(=O)N1c1cn(CCCO)nn1. The average Bonchev–Trinajstić information content (AvgIpc) is 3.02. The van der Waals surface area contributed by atoms with Crippen LogP contribution in [0.4, 0.5) is 5.82 Å². The summed E-state index contributed by atoms with van der Waals surface area (Å²) in [5.41, 5.74) is 0.754. The van der Waals surface area contributed by atoms with Crippen molar-refractivity contribution in [3.8, 4) is 0 Å². The standard InChI is InChI=1S/C13H12N4O3/c18-7-3-6-16-8-11(14-15-16)17-12(19)9-4-1-2-5-10(9)13(17)20/h1-2,4-5,8,18H,3,6-7H2. The number of hydrogen-bond acceptors (Lipinski definition) is 5. The van der Waals surface area contributed by atoms with E-state index in [9.17, 15) is 9.59 Å². The summed E-state index contributed by atoms with van der Waals surface area (Å²) in [5, 5.41) is 16.5. The second-order valence-corrected chi connectivity index (χ2v) is 4.41. The third kappa shape index (κ3) is 1.88. The number of aromatic nitrogens is 3. The van der Waals surface area contributed by atoms with Gasteiger partial charge in [0.1, 0.15) is 0 Å². The van der Waals surface area contributed by atoms with Gasteiger partial charge in [0.2, 0.25) is 0 Å². The minimum Gasteiger partial charge on any atom is -0.396 e. The van der Waals surface area contributed by atoms with Crippen molar-refractivity contribution in [3.63, 3.8) is 0 Å². The Kier molecular flexibility index (Phi) is 3.03. The van der Waals surface area contributed by atoms with Crippen LogP contribution < -0.4 is 4.90 Å². The average molecular weight is 272 g/mol. The van der Waals surface area contributed by atoms with Crippen molar-refractivity contribution in [2.75, 3.05) is 11.5 Å². The number of carbonyl (C=O) groups is 2. The molecule has 3 rings (SSSR count). The van der Waals surface area contributed by atoms with Gasteiger partial charge < -0.3 is 5.11 Å². The van der Waals surface area contributed by atoms with E-state index in [0.717, 1.165) is 4.90 Å². The molecular formula is C13H12N4O3. The summed E-state index contributed by atoms with van der Waals surface area (Å²) in [6.45, 7) is 0.523. The number of amides is 2. The number of benzene rings is 1. The van der Waals surface area contributed by atoms with E-state index < -0.39 is 0 Å². The molecule has 0 unspecified atom stereocenters. The highest BCUT2D eigenvalue weighted by Crippen LogP contribution is 2.26. The molecule has 0 bridgehead atoms. The van der Waals surface area contributed by atoms with Crippen LogP contribution in [0.15, 0.2) is 30.5 Å². The van der Waals surface area contributed by atoms with Crippen LogP contribution in [0, 0.1) is 0 Å². The number of hydrogen-bond donors (Lipinski definition) is 1. The summed E-state index contributed by atoms with van der Waals surface area (Å²) in [6.07, 6.45) is 2.06. The summed E-state index contributed by atoms with van der Waals surface area (Å²) < 4.78 is 1.50. The highest BCUT2D eigenvalue weighted by atomic mass is 16.3. The van der Waals surface area contributed by atoms with Crippen molar-refractivity contribution >= 4 is 17.6 Å². The van der Waals surface area contributed by atoms with Gasteiger partial charge in [-0.2, -0.15) is 0 Å². The fourth-order valence-corrected chi connectivity index (χ4v) is 2.13. The van der Waals surface area contributed by atoms with Gasteiger partial charge in [-0.3, -0.25) is 14.3 Å². The minimum absolute atomic E-state index is 0.0439. The maximum atomic E-state index is 12.2. The van der Waals surface area contributed by atoms with Gasteiger partial charge in [0.05, 0.1) is 17.3 Å². The fourth-order valence-electron chi connectivity index (χ4n) is 2.13. The van der Waals surface area contributed by atoms with Gasteiger partial charge in [0, 0.05) is 13.2 Å². The number of carbonyl (C=O) groups excluding carboxylic acids is 2. The lowest BCUT2D eigenvalue weighted by atomic mass is 10.1. The molecule has 2 aromatic rings. The molecule has 1 aromatic heterocycles. The Balaban J connectivity index is 1.91. The van der Waals surface area contributed by atoms with Gasteiger partial charge in [0.15, 0.2) is 5.82 Å². The van der Waals surface area contributed by atoms with Crippen LogP contribution in [0.2, 0.25) is 0 Å². The van der Waals surface area contributed by atoms with Crippen LogP contribution in [-0.4, -0.2) is 38.5 Å². The zero-order valence-electron chi connectivity index (χ0n) is 10.6. The molecule has 2 amide bonds. The van der Waals surface area contributed by atoms with Gasteiger partial charge in [-0.1, -0.05) is 17.3 Å². The summed E-state index contributed by atoms with van der Waals surface area (Å²) in [5.74, 6) is -0.575. The third-order valence-corrected chi connectivity index (χ3v) is 3.10. The van der Waals surface area contributed by atoms with E-state index >= 15 is 0 Å². The lowest BCUT2D eigenvalue weighted by molar-refractivity contribution is 0.0925. The van der Waals surface area contributed by atoms with Crippen molar-refractivity contribution in [2.24, 2.45) is 0 Å². The van der Waals surface area contributed by atoms with Gasteiger partial charge in [0.25, 0.3) is 11.8 Å². The number of anilines is 1. The zero-order chi connectivity index (χ0) is 14.1. The number of rotatable bonds is 4. The molecule has 7 nitrogen and oxygen atoms in total.